The van der Waals surface area contributed by atoms with Crippen molar-refractivity contribution >= 4 is 29.3 Å². The monoisotopic (exact) mass is 646 g/mol. The average molecular weight is 647 g/mol. The summed E-state index contributed by atoms with van der Waals surface area (Å²) in [5.74, 6) is 0.127. The molecule has 2 amide bonds. The van der Waals surface area contributed by atoms with Gasteiger partial charge >= 0.3 is 0 Å². The summed E-state index contributed by atoms with van der Waals surface area (Å²) in [6, 6.07) is 24.9. The van der Waals surface area contributed by atoms with E-state index < -0.39 is 12.2 Å². The number of para-hydroxylation sites is 1. The van der Waals surface area contributed by atoms with Gasteiger partial charge in [0.2, 0.25) is 17.0 Å². The molecule has 1 aliphatic rings. The molecule has 0 unspecified atom stereocenters. The lowest BCUT2D eigenvalue weighted by atomic mass is 10.0. The van der Waals surface area contributed by atoms with E-state index in [1.54, 1.807) is 10.2 Å². The number of aliphatic hydroxyl groups is 1. The van der Waals surface area contributed by atoms with Crippen molar-refractivity contribution in [3.8, 4) is 5.69 Å². The van der Waals surface area contributed by atoms with Gasteiger partial charge in [0.25, 0.3) is 0 Å². The Morgan fingerprint density at radius 3 is 2.26 bits per heavy atom. The third-order valence-electron chi connectivity index (χ3n) is 7.60. The highest BCUT2D eigenvalue weighted by atomic mass is 32.2. The normalized spacial score (nSPS) is 17.8. The number of hydrogen-bond acceptors (Lipinski definition) is 10. The summed E-state index contributed by atoms with van der Waals surface area (Å²) < 4.78 is 14.6. The number of anilines is 1. The topological polar surface area (TPSA) is 161 Å². The molecule has 1 fully saturated rings. The largest absolute Gasteiger partial charge is 0.392 e. The zero-order valence-electron chi connectivity index (χ0n) is 25.3. The maximum Gasteiger partial charge on any atom is 0.243 e. The number of amides is 2. The van der Waals surface area contributed by atoms with Crippen molar-refractivity contribution in [1.29, 1.82) is 0 Å². The third-order valence-corrected chi connectivity index (χ3v) is 8.66. The Balaban J connectivity index is 1.20. The number of nitrogens with one attached hydrogen (secondary N) is 2. The van der Waals surface area contributed by atoms with Crippen LogP contribution in [0.5, 0.6) is 0 Å². The fourth-order valence-electron chi connectivity index (χ4n) is 5.12. The van der Waals surface area contributed by atoms with Crippen molar-refractivity contribution in [2.45, 2.75) is 75.2 Å². The summed E-state index contributed by atoms with van der Waals surface area (Å²) in [6.45, 7) is -0.0265. The molecule has 0 aliphatic carbocycles. The molecule has 0 bridgehead atoms. The van der Waals surface area contributed by atoms with E-state index in [0.29, 0.717) is 42.3 Å². The average Bonchev–Trinajstić information content (AvgIpc) is 3.58. The van der Waals surface area contributed by atoms with Crippen LogP contribution in [-0.2, 0) is 25.7 Å². The first-order chi connectivity index (χ1) is 22.5. The molecule has 3 atom stereocenters. The molecular formula is C33H38N6O6S. The highest BCUT2D eigenvalue weighted by molar-refractivity contribution is 7.99. The Morgan fingerprint density at radius 1 is 0.870 bits per heavy atom. The van der Waals surface area contributed by atoms with E-state index in [4.69, 9.17) is 14.7 Å². The highest BCUT2D eigenvalue weighted by Crippen LogP contribution is 2.39. The molecule has 46 heavy (non-hydrogen) atoms. The molecule has 0 spiro atoms. The zero-order valence-corrected chi connectivity index (χ0v) is 26.1. The molecule has 2 heterocycles. The van der Waals surface area contributed by atoms with Crippen LogP contribution in [0.1, 0.15) is 74.0 Å². The van der Waals surface area contributed by atoms with Gasteiger partial charge in [0.15, 0.2) is 6.29 Å². The second-order valence-electron chi connectivity index (χ2n) is 11.0. The number of aliphatic hydroxyl groups excluding tert-OH is 1. The molecule has 12 nitrogen and oxygen atoms in total. The molecule has 4 N–H and O–H groups in total. The Hall–Kier alpha value is -4.14. The molecule has 13 heteroatoms. The summed E-state index contributed by atoms with van der Waals surface area (Å²) in [6.07, 6.45) is 3.25. The Kier molecular flexibility index (Phi) is 12.3. The molecule has 1 aromatic heterocycles. The van der Waals surface area contributed by atoms with Gasteiger partial charge < -0.3 is 19.9 Å². The van der Waals surface area contributed by atoms with Crippen LogP contribution in [-0.4, -0.2) is 54.2 Å². The third kappa shape index (κ3) is 9.44. The number of tetrazole rings is 1. The molecule has 0 saturated carbocycles. The maximum absolute atomic E-state index is 12.5. The zero-order chi connectivity index (χ0) is 32.1. The number of rotatable bonds is 15. The van der Waals surface area contributed by atoms with Gasteiger partial charge in [-0.15, -0.1) is 5.10 Å². The van der Waals surface area contributed by atoms with Crippen LogP contribution >= 0.6 is 11.8 Å². The van der Waals surface area contributed by atoms with Crippen LogP contribution in [0.15, 0.2) is 84.0 Å². The summed E-state index contributed by atoms with van der Waals surface area (Å²) >= 11 is 1.52. The predicted molar refractivity (Wildman–Crippen MR) is 171 cm³/mol. The number of nitrogens with zero attached hydrogens (tertiary/aromatic N) is 4. The Labute approximate surface area is 271 Å². The van der Waals surface area contributed by atoms with E-state index in [0.717, 1.165) is 35.2 Å². The van der Waals surface area contributed by atoms with Gasteiger partial charge in [-0.3, -0.25) is 14.8 Å². The Morgan fingerprint density at radius 2 is 1.57 bits per heavy atom. The van der Waals surface area contributed by atoms with Crippen molar-refractivity contribution in [1.82, 2.24) is 25.7 Å². The first-order valence-corrected chi connectivity index (χ1v) is 16.3. The number of benzene rings is 3. The quantitative estimate of drug-likeness (QED) is 0.0579. The fourth-order valence-corrected chi connectivity index (χ4v) is 6.03. The van der Waals surface area contributed by atoms with Gasteiger partial charge in [0.1, 0.15) is 0 Å². The molecular weight excluding hydrogens is 608 g/mol. The lowest BCUT2D eigenvalue weighted by Crippen LogP contribution is -2.31. The van der Waals surface area contributed by atoms with E-state index in [9.17, 15) is 14.7 Å². The summed E-state index contributed by atoms with van der Waals surface area (Å²) in [5.41, 5.74) is 5.83. The van der Waals surface area contributed by atoms with E-state index in [1.807, 2.05) is 78.9 Å². The van der Waals surface area contributed by atoms with Crippen molar-refractivity contribution in [2.24, 2.45) is 0 Å². The van der Waals surface area contributed by atoms with Crippen molar-refractivity contribution in [2.75, 3.05) is 11.1 Å². The minimum Gasteiger partial charge on any atom is -0.392 e. The minimum atomic E-state index is -0.635. The van der Waals surface area contributed by atoms with E-state index in [1.165, 1.54) is 11.8 Å². The summed E-state index contributed by atoms with van der Waals surface area (Å²) in [4.78, 5) is 23.5. The second-order valence-corrected chi connectivity index (χ2v) is 12.0. The molecule has 3 aromatic carbocycles. The van der Waals surface area contributed by atoms with E-state index in [2.05, 4.69) is 20.8 Å². The summed E-state index contributed by atoms with van der Waals surface area (Å²) in [7, 11) is 0. The van der Waals surface area contributed by atoms with Gasteiger partial charge in [0.05, 0.1) is 24.5 Å². The molecule has 5 rings (SSSR count). The summed E-state index contributed by atoms with van der Waals surface area (Å²) in [5, 5.41) is 33.9. The molecule has 1 aliphatic heterocycles. The van der Waals surface area contributed by atoms with Gasteiger partial charge in [-0.25, -0.2) is 5.48 Å². The molecule has 4 aromatic rings. The minimum absolute atomic E-state index is 0.0265. The lowest BCUT2D eigenvalue weighted by molar-refractivity contribution is -0.245. The van der Waals surface area contributed by atoms with Crippen LogP contribution in [0.4, 0.5) is 5.69 Å². The Bertz CT molecular complexity index is 1540. The molecule has 0 radical (unpaired) electrons. The van der Waals surface area contributed by atoms with E-state index >= 15 is 0 Å². The first-order valence-electron chi connectivity index (χ1n) is 15.3. The number of unbranched alkanes of at least 4 members (excludes halogenated alkanes) is 3. The second kappa shape index (κ2) is 17.0. The molecule has 242 valence electrons. The number of hydroxylamine groups is 1. The predicted octanol–water partition coefficient (Wildman–Crippen LogP) is 5.28. The van der Waals surface area contributed by atoms with Gasteiger partial charge in [-0.1, -0.05) is 79.2 Å². The standard InChI is InChI=1S/C33H38N6O6S/c40-21-23-12-14-24(15-13-23)29-20-28(22-46-33-35-37-38-39(33)27-8-4-3-5-9-27)44-32(45-29)25-16-18-26(19-17-25)34-30(41)10-6-1-2-7-11-31(42)36-43/h3-5,8-9,12-19,28-29,32,40,43H,1-2,6-7,10-11,20-22H2,(H,34,41)(H,36,42)/t28-,29+,32+/m1/s1. The van der Waals surface area contributed by atoms with Crippen LogP contribution in [0, 0.1) is 0 Å². The van der Waals surface area contributed by atoms with Gasteiger partial charge in [-0.2, -0.15) is 4.68 Å². The van der Waals surface area contributed by atoms with Crippen molar-refractivity contribution < 1.29 is 29.4 Å². The number of aromatic nitrogens is 4. The van der Waals surface area contributed by atoms with Crippen LogP contribution in [0.25, 0.3) is 5.69 Å². The van der Waals surface area contributed by atoms with Crippen LogP contribution < -0.4 is 10.8 Å². The number of carbonyl (C=O) groups excluding carboxylic acids is 2. The van der Waals surface area contributed by atoms with Crippen molar-refractivity contribution in [3.63, 3.8) is 0 Å². The fraction of sp³-hybridized carbons (Fsp3) is 0.364. The van der Waals surface area contributed by atoms with Gasteiger partial charge in [0, 0.05) is 36.3 Å². The van der Waals surface area contributed by atoms with E-state index in [-0.39, 0.29) is 31.1 Å². The molecule has 1 saturated heterocycles. The smallest absolute Gasteiger partial charge is 0.243 e. The number of thioether (sulfide) groups is 1. The number of hydrogen-bond donors (Lipinski definition) is 4. The lowest BCUT2D eigenvalue weighted by Gasteiger charge is -2.36. The maximum atomic E-state index is 12.5. The van der Waals surface area contributed by atoms with Crippen molar-refractivity contribution in [3.05, 3.63) is 95.6 Å². The van der Waals surface area contributed by atoms with Gasteiger partial charge in [-0.05, 0) is 58.7 Å². The first kappa shape index (κ1) is 33.2. The van der Waals surface area contributed by atoms with Crippen LogP contribution in [0.3, 0.4) is 0 Å². The number of carbonyl (C=O) groups is 2. The highest BCUT2D eigenvalue weighted by Gasteiger charge is 2.32. The SMILES string of the molecule is O=C(CCCCCCC(=O)Nc1ccc([C@H]2O[C@@H](CSc3nnnn3-c3ccccc3)C[C@@H](c3ccc(CO)cc3)O2)cc1)NO. The number of ether oxygens (including phenoxy) is 2. The van der Waals surface area contributed by atoms with Crippen LogP contribution in [0.2, 0.25) is 0 Å².